The van der Waals surface area contributed by atoms with Crippen LogP contribution in [-0.4, -0.2) is 26.4 Å². The maximum atomic E-state index is 10.2. The van der Waals surface area contributed by atoms with E-state index in [0.717, 1.165) is 22.4 Å². The molecule has 1 atom stereocenters. The summed E-state index contributed by atoms with van der Waals surface area (Å²) in [6, 6.07) is 13.6. The topological polar surface area (TPSA) is 63.0 Å². The number of pyridine rings is 1. The number of rotatable bonds is 6. The second-order valence-corrected chi connectivity index (χ2v) is 5.48. The molecule has 0 amide bonds. The molecule has 0 unspecified atom stereocenters. The summed E-state index contributed by atoms with van der Waals surface area (Å²) in [5, 5.41) is 18.0. The van der Waals surface area contributed by atoms with E-state index in [0.29, 0.717) is 13.1 Å². The SMILES string of the molecule is Cn1cc(CNC[C@H](O)c2ccccc2)c(-c2cccnc2)n1. The molecule has 0 aliphatic rings. The second kappa shape index (κ2) is 7.17. The highest BCUT2D eigenvalue weighted by Crippen LogP contribution is 2.20. The summed E-state index contributed by atoms with van der Waals surface area (Å²) in [5.41, 5.74) is 3.91. The summed E-state index contributed by atoms with van der Waals surface area (Å²) >= 11 is 0. The maximum Gasteiger partial charge on any atom is 0.0983 e. The van der Waals surface area contributed by atoms with E-state index in [1.807, 2.05) is 61.9 Å². The molecule has 0 saturated heterocycles. The molecule has 5 nitrogen and oxygen atoms in total. The van der Waals surface area contributed by atoms with Gasteiger partial charge >= 0.3 is 0 Å². The van der Waals surface area contributed by atoms with Crippen molar-refractivity contribution in [1.82, 2.24) is 20.1 Å². The van der Waals surface area contributed by atoms with Crippen LogP contribution in [0.2, 0.25) is 0 Å². The number of aliphatic hydroxyl groups excluding tert-OH is 1. The van der Waals surface area contributed by atoms with Gasteiger partial charge < -0.3 is 10.4 Å². The van der Waals surface area contributed by atoms with Crippen LogP contribution in [0.15, 0.2) is 61.1 Å². The van der Waals surface area contributed by atoms with E-state index in [1.54, 1.807) is 10.9 Å². The monoisotopic (exact) mass is 308 g/mol. The maximum absolute atomic E-state index is 10.2. The van der Waals surface area contributed by atoms with Gasteiger partial charge in [0.25, 0.3) is 0 Å². The summed E-state index contributed by atoms with van der Waals surface area (Å²) in [6.45, 7) is 1.13. The van der Waals surface area contributed by atoms with Gasteiger partial charge in [-0.05, 0) is 17.7 Å². The number of benzene rings is 1. The predicted molar refractivity (Wildman–Crippen MR) is 89.5 cm³/mol. The summed E-state index contributed by atoms with van der Waals surface area (Å²) in [5.74, 6) is 0. The summed E-state index contributed by atoms with van der Waals surface area (Å²) in [4.78, 5) is 4.15. The van der Waals surface area contributed by atoms with Crippen molar-refractivity contribution in [3.63, 3.8) is 0 Å². The van der Waals surface area contributed by atoms with Gasteiger partial charge in [-0.1, -0.05) is 30.3 Å². The summed E-state index contributed by atoms with van der Waals surface area (Å²) in [7, 11) is 1.90. The van der Waals surface area contributed by atoms with Crippen LogP contribution in [0.4, 0.5) is 0 Å². The first kappa shape index (κ1) is 15.4. The van der Waals surface area contributed by atoms with Gasteiger partial charge in [-0.2, -0.15) is 5.10 Å². The Balaban J connectivity index is 1.65. The molecule has 0 fully saturated rings. The zero-order chi connectivity index (χ0) is 16.1. The van der Waals surface area contributed by atoms with E-state index in [2.05, 4.69) is 15.4 Å². The predicted octanol–water partition coefficient (Wildman–Crippen LogP) is 2.31. The molecule has 0 spiro atoms. The molecule has 0 aliphatic heterocycles. The van der Waals surface area contributed by atoms with Crippen LogP contribution < -0.4 is 5.32 Å². The Kier molecular flexibility index (Phi) is 4.80. The summed E-state index contributed by atoms with van der Waals surface area (Å²) < 4.78 is 1.80. The first-order valence-electron chi connectivity index (χ1n) is 7.60. The Labute approximate surface area is 135 Å². The zero-order valence-electron chi connectivity index (χ0n) is 13.1. The van der Waals surface area contributed by atoms with Crippen molar-refractivity contribution in [1.29, 1.82) is 0 Å². The normalized spacial score (nSPS) is 12.3. The number of nitrogens with zero attached hydrogens (tertiary/aromatic N) is 3. The fourth-order valence-corrected chi connectivity index (χ4v) is 2.55. The van der Waals surface area contributed by atoms with Crippen LogP contribution >= 0.6 is 0 Å². The fourth-order valence-electron chi connectivity index (χ4n) is 2.55. The minimum absolute atomic E-state index is 0.491. The fraction of sp³-hybridized carbons (Fsp3) is 0.222. The average molecular weight is 308 g/mol. The van der Waals surface area contributed by atoms with Crippen molar-refractivity contribution in [3.05, 3.63) is 72.2 Å². The number of aromatic nitrogens is 3. The number of nitrogens with one attached hydrogen (secondary N) is 1. The Morgan fingerprint density at radius 2 is 2.00 bits per heavy atom. The standard InChI is InChI=1S/C18H20N4O/c1-22-13-16(18(21-22)15-8-5-9-19-10-15)11-20-12-17(23)14-6-3-2-4-7-14/h2-10,13,17,20,23H,11-12H2,1H3/t17-/m0/s1. The van der Waals surface area contributed by atoms with Crippen LogP contribution in [0.25, 0.3) is 11.3 Å². The third-order valence-electron chi connectivity index (χ3n) is 3.68. The number of aryl methyl sites for hydroxylation is 1. The van der Waals surface area contributed by atoms with E-state index in [9.17, 15) is 5.11 Å². The number of hydrogen-bond acceptors (Lipinski definition) is 4. The molecule has 3 aromatic rings. The third-order valence-corrected chi connectivity index (χ3v) is 3.68. The molecule has 118 valence electrons. The highest BCUT2D eigenvalue weighted by atomic mass is 16.3. The Hall–Kier alpha value is -2.50. The number of hydrogen-bond donors (Lipinski definition) is 2. The van der Waals surface area contributed by atoms with Gasteiger partial charge in [0.2, 0.25) is 0 Å². The average Bonchev–Trinajstić information content (AvgIpc) is 2.97. The van der Waals surface area contributed by atoms with Crippen LogP contribution in [0.1, 0.15) is 17.2 Å². The van der Waals surface area contributed by atoms with Crippen molar-refractivity contribution < 1.29 is 5.11 Å². The van der Waals surface area contributed by atoms with Gasteiger partial charge in [-0.25, -0.2) is 0 Å². The summed E-state index contributed by atoms with van der Waals surface area (Å²) in [6.07, 6.45) is 5.03. The van der Waals surface area contributed by atoms with Crippen LogP contribution in [-0.2, 0) is 13.6 Å². The lowest BCUT2D eigenvalue weighted by Crippen LogP contribution is -2.21. The van der Waals surface area contributed by atoms with Crippen molar-refractivity contribution in [3.8, 4) is 11.3 Å². The largest absolute Gasteiger partial charge is 0.387 e. The third kappa shape index (κ3) is 3.83. The highest BCUT2D eigenvalue weighted by molar-refractivity contribution is 5.61. The van der Waals surface area contributed by atoms with Gasteiger partial charge in [-0.3, -0.25) is 9.67 Å². The molecular formula is C18H20N4O. The first-order valence-corrected chi connectivity index (χ1v) is 7.60. The molecule has 0 bridgehead atoms. The van der Waals surface area contributed by atoms with Gasteiger partial charge in [0, 0.05) is 49.9 Å². The van der Waals surface area contributed by atoms with Crippen LogP contribution in [0, 0.1) is 0 Å². The second-order valence-electron chi connectivity index (χ2n) is 5.48. The lowest BCUT2D eigenvalue weighted by atomic mass is 10.1. The van der Waals surface area contributed by atoms with Gasteiger partial charge in [0.1, 0.15) is 0 Å². The molecule has 0 saturated carbocycles. The minimum atomic E-state index is -0.519. The zero-order valence-corrected chi connectivity index (χ0v) is 13.1. The molecule has 5 heteroatoms. The van der Waals surface area contributed by atoms with Crippen molar-refractivity contribution in [2.24, 2.45) is 7.05 Å². The quantitative estimate of drug-likeness (QED) is 0.733. The molecule has 1 aromatic carbocycles. The molecule has 2 N–H and O–H groups in total. The van der Waals surface area contributed by atoms with E-state index in [4.69, 9.17) is 0 Å². The molecular weight excluding hydrogens is 288 g/mol. The van der Waals surface area contributed by atoms with Gasteiger partial charge in [0.05, 0.1) is 11.8 Å². The molecule has 23 heavy (non-hydrogen) atoms. The van der Waals surface area contributed by atoms with Gasteiger partial charge in [0.15, 0.2) is 0 Å². The minimum Gasteiger partial charge on any atom is -0.387 e. The smallest absolute Gasteiger partial charge is 0.0983 e. The molecule has 3 rings (SSSR count). The lowest BCUT2D eigenvalue weighted by molar-refractivity contribution is 0.174. The van der Waals surface area contributed by atoms with E-state index >= 15 is 0 Å². The van der Waals surface area contributed by atoms with Crippen molar-refractivity contribution in [2.75, 3.05) is 6.54 Å². The Morgan fingerprint density at radius 3 is 2.74 bits per heavy atom. The lowest BCUT2D eigenvalue weighted by Gasteiger charge is -2.12. The van der Waals surface area contributed by atoms with Crippen LogP contribution in [0.3, 0.4) is 0 Å². The molecule has 0 aliphatic carbocycles. The Morgan fingerprint density at radius 1 is 1.17 bits per heavy atom. The van der Waals surface area contributed by atoms with E-state index < -0.39 is 6.10 Å². The highest BCUT2D eigenvalue weighted by Gasteiger charge is 2.11. The van der Waals surface area contributed by atoms with E-state index in [-0.39, 0.29) is 0 Å². The first-order chi connectivity index (χ1) is 11.2. The van der Waals surface area contributed by atoms with Crippen molar-refractivity contribution in [2.45, 2.75) is 12.6 Å². The Bertz CT molecular complexity index is 740. The number of aliphatic hydroxyl groups is 1. The molecule has 2 aromatic heterocycles. The van der Waals surface area contributed by atoms with E-state index in [1.165, 1.54) is 0 Å². The van der Waals surface area contributed by atoms with Crippen LogP contribution in [0.5, 0.6) is 0 Å². The van der Waals surface area contributed by atoms with Gasteiger partial charge in [-0.15, -0.1) is 0 Å². The molecule has 2 heterocycles. The van der Waals surface area contributed by atoms with Crippen molar-refractivity contribution >= 4 is 0 Å². The molecule has 0 radical (unpaired) electrons.